The summed E-state index contributed by atoms with van der Waals surface area (Å²) in [5.41, 5.74) is 3.46. The van der Waals surface area contributed by atoms with Gasteiger partial charge in [-0.1, -0.05) is 29.3 Å². The molecule has 1 heterocycles. The molecule has 18 heavy (non-hydrogen) atoms. The molecule has 5 nitrogen and oxygen atoms in total. The summed E-state index contributed by atoms with van der Waals surface area (Å²) >= 11 is 0. The quantitative estimate of drug-likeness (QED) is 0.905. The van der Waals surface area contributed by atoms with Crippen LogP contribution in [0.5, 0.6) is 0 Å². The van der Waals surface area contributed by atoms with Gasteiger partial charge in [0.2, 0.25) is 0 Å². The van der Waals surface area contributed by atoms with Gasteiger partial charge in [0.1, 0.15) is 0 Å². The molecule has 0 atom stereocenters. The first-order chi connectivity index (χ1) is 8.34. The van der Waals surface area contributed by atoms with Crippen LogP contribution in [0.1, 0.15) is 16.7 Å². The maximum atomic E-state index is 11.1. The Hall–Kier alpha value is -1.66. The number of nitrogens with zero attached hydrogens (tertiary/aromatic N) is 2. The average molecular weight is 265 g/mol. The van der Waals surface area contributed by atoms with Gasteiger partial charge in [-0.15, -0.1) is 0 Å². The van der Waals surface area contributed by atoms with Gasteiger partial charge in [0.15, 0.2) is 5.03 Å². The third kappa shape index (κ3) is 2.96. The largest absolute Gasteiger partial charge is 0.332 e. The molecule has 2 rings (SSSR count). The second-order valence-corrected chi connectivity index (χ2v) is 5.93. The zero-order valence-electron chi connectivity index (χ0n) is 10.3. The second kappa shape index (κ2) is 4.55. The zero-order chi connectivity index (χ0) is 13.3. The topological polar surface area (TPSA) is 78.0 Å². The Morgan fingerprint density at radius 1 is 1.22 bits per heavy atom. The van der Waals surface area contributed by atoms with Gasteiger partial charge in [0, 0.05) is 12.7 Å². The van der Waals surface area contributed by atoms with E-state index in [4.69, 9.17) is 5.14 Å². The van der Waals surface area contributed by atoms with E-state index in [1.807, 2.05) is 13.8 Å². The van der Waals surface area contributed by atoms with E-state index in [2.05, 4.69) is 23.2 Å². The summed E-state index contributed by atoms with van der Waals surface area (Å²) < 4.78 is 23.9. The molecule has 0 spiro atoms. The van der Waals surface area contributed by atoms with E-state index in [9.17, 15) is 8.42 Å². The van der Waals surface area contributed by atoms with Gasteiger partial charge in [-0.2, -0.15) is 0 Å². The fourth-order valence-corrected chi connectivity index (χ4v) is 2.42. The van der Waals surface area contributed by atoms with E-state index < -0.39 is 10.0 Å². The second-order valence-electron chi connectivity index (χ2n) is 4.43. The third-order valence-corrected chi connectivity index (χ3v) is 3.34. The Morgan fingerprint density at radius 2 is 1.83 bits per heavy atom. The van der Waals surface area contributed by atoms with E-state index in [0.717, 1.165) is 5.56 Å². The van der Waals surface area contributed by atoms with Crippen molar-refractivity contribution in [3.8, 4) is 0 Å². The van der Waals surface area contributed by atoms with Crippen LogP contribution in [-0.2, 0) is 16.6 Å². The van der Waals surface area contributed by atoms with Crippen LogP contribution in [-0.4, -0.2) is 18.0 Å². The highest BCUT2D eigenvalue weighted by atomic mass is 32.2. The first kappa shape index (κ1) is 12.8. The molecule has 0 aliphatic rings. The molecule has 0 radical (unpaired) electrons. The third-order valence-electron chi connectivity index (χ3n) is 2.55. The normalized spacial score (nSPS) is 11.7. The van der Waals surface area contributed by atoms with Crippen LogP contribution in [0.25, 0.3) is 0 Å². The first-order valence-electron chi connectivity index (χ1n) is 5.46. The fourth-order valence-electron chi connectivity index (χ4n) is 1.94. The van der Waals surface area contributed by atoms with Crippen LogP contribution in [0.2, 0.25) is 0 Å². The molecule has 0 bridgehead atoms. The SMILES string of the molecule is Cc1cc(C)cc(Cn2cnc(S(N)(=O)=O)c2)c1. The molecule has 2 N–H and O–H groups in total. The van der Waals surface area contributed by atoms with Crippen LogP contribution in [0.4, 0.5) is 0 Å². The smallest absolute Gasteiger partial charge is 0.257 e. The summed E-state index contributed by atoms with van der Waals surface area (Å²) in [7, 11) is -3.72. The van der Waals surface area contributed by atoms with Crippen molar-refractivity contribution >= 4 is 10.0 Å². The van der Waals surface area contributed by atoms with Gasteiger partial charge in [-0.25, -0.2) is 18.5 Å². The minimum atomic E-state index is -3.72. The molecular formula is C12H15N3O2S. The van der Waals surface area contributed by atoms with Gasteiger partial charge in [-0.05, 0) is 19.4 Å². The number of aromatic nitrogens is 2. The predicted octanol–water partition coefficient (Wildman–Crippen LogP) is 1.20. The molecular weight excluding hydrogens is 250 g/mol. The summed E-state index contributed by atoms with van der Waals surface area (Å²) in [5.74, 6) is 0. The Bertz CT molecular complexity index is 654. The molecule has 0 amide bonds. The molecule has 1 aromatic heterocycles. The van der Waals surface area contributed by atoms with Crippen LogP contribution in [0.15, 0.2) is 35.7 Å². The molecule has 6 heteroatoms. The minimum absolute atomic E-state index is 0.105. The molecule has 1 aromatic carbocycles. The van der Waals surface area contributed by atoms with Crippen LogP contribution < -0.4 is 5.14 Å². The lowest BCUT2D eigenvalue weighted by Crippen LogP contribution is -2.12. The zero-order valence-corrected chi connectivity index (χ0v) is 11.1. The maximum absolute atomic E-state index is 11.1. The lowest BCUT2D eigenvalue weighted by atomic mass is 10.1. The summed E-state index contributed by atoms with van der Waals surface area (Å²) in [6.07, 6.45) is 2.91. The summed E-state index contributed by atoms with van der Waals surface area (Å²) in [6, 6.07) is 6.21. The van der Waals surface area contributed by atoms with Gasteiger partial charge in [0.05, 0.1) is 6.33 Å². The van der Waals surface area contributed by atoms with E-state index in [1.54, 1.807) is 4.57 Å². The fraction of sp³-hybridized carbons (Fsp3) is 0.250. The number of benzene rings is 1. The minimum Gasteiger partial charge on any atom is -0.332 e. The van der Waals surface area contributed by atoms with Gasteiger partial charge >= 0.3 is 0 Å². The van der Waals surface area contributed by atoms with Crippen molar-refractivity contribution in [1.29, 1.82) is 0 Å². The Kier molecular flexibility index (Phi) is 3.23. The average Bonchev–Trinajstić information content (AvgIpc) is 2.63. The molecule has 0 aliphatic carbocycles. The number of rotatable bonds is 3. The summed E-state index contributed by atoms with van der Waals surface area (Å²) in [4.78, 5) is 3.78. The number of primary sulfonamides is 1. The van der Waals surface area contributed by atoms with Gasteiger partial charge < -0.3 is 4.57 Å². The number of sulfonamides is 1. The molecule has 0 unspecified atom stereocenters. The molecule has 0 saturated heterocycles. The molecule has 0 fully saturated rings. The summed E-state index contributed by atoms with van der Waals surface area (Å²) in [6.45, 7) is 4.63. The van der Waals surface area contributed by atoms with E-state index >= 15 is 0 Å². The number of nitrogens with two attached hydrogens (primary N) is 1. The van der Waals surface area contributed by atoms with Crippen molar-refractivity contribution in [3.63, 3.8) is 0 Å². The van der Waals surface area contributed by atoms with Crippen molar-refractivity contribution in [2.24, 2.45) is 5.14 Å². The Balaban J connectivity index is 2.27. The molecule has 0 aliphatic heterocycles. The number of hydrogen-bond acceptors (Lipinski definition) is 3. The predicted molar refractivity (Wildman–Crippen MR) is 68.6 cm³/mol. The highest BCUT2D eigenvalue weighted by Crippen LogP contribution is 2.11. The molecule has 0 saturated carbocycles. The van der Waals surface area contributed by atoms with Crippen LogP contribution in [0, 0.1) is 13.8 Å². The van der Waals surface area contributed by atoms with E-state index in [-0.39, 0.29) is 5.03 Å². The van der Waals surface area contributed by atoms with E-state index in [0.29, 0.717) is 6.54 Å². The van der Waals surface area contributed by atoms with Crippen LogP contribution in [0.3, 0.4) is 0 Å². The van der Waals surface area contributed by atoms with Gasteiger partial charge in [0.25, 0.3) is 10.0 Å². The standard InChI is InChI=1S/C12H15N3O2S/c1-9-3-10(2)5-11(4-9)6-15-7-12(14-8-15)18(13,16)17/h3-5,7-8H,6H2,1-2H3,(H2,13,16,17). The highest BCUT2D eigenvalue weighted by molar-refractivity contribution is 7.89. The van der Waals surface area contributed by atoms with Crippen molar-refractivity contribution < 1.29 is 8.42 Å². The van der Waals surface area contributed by atoms with Crippen molar-refractivity contribution in [3.05, 3.63) is 47.4 Å². The van der Waals surface area contributed by atoms with Crippen molar-refractivity contribution in [1.82, 2.24) is 9.55 Å². The number of aryl methyl sites for hydroxylation is 2. The van der Waals surface area contributed by atoms with Crippen molar-refractivity contribution in [2.45, 2.75) is 25.4 Å². The monoisotopic (exact) mass is 265 g/mol. The lowest BCUT2D eigenvalue weighted by Gasteiger charge is -2.05. The Labute approximate surface area is 106 Å². The number of imidazole rings is 1. The molecule has 2 aromatic rings. The van der Waals surface area contributed by atoms with Crippen LogP contribution >= 0.6 is 0 Å². The highest BCUT2D eigenvalue weighted by Gasteiger charge is 2.11. The Morgan fingerprint density at radius 3 is 2.33 bits per heavy atom. The number of hydrogen-bond donors (Lipinski definition) is 1. The maximum Gasteiger partial charge on any atom is 0.257 e. The van der Waals surface area contributed by atoms with E-state index in [1.165, 1.54) is 23.7 Å². The van der Waals surface area contributed by atoms with Crippen molar-refractivity contribution in [2.75, 3.05) is 0 Å². The molecule has 96 valence electrons. The summed E-state index contributed by atoms with van der Waals surface area (Å²) in [5, 5.41) is 4.90. The van der Waals surface area contributed by atoms with Gasteiger partial charge in [-0.3, -0.25) is 0 Å². The first-order valence-corrected chi connectivity index (χ1v) is 7.01. The lowest BCUT2D eigenvalue weighted by molar-refractivity contribution is 0.594.